The van der Waals surface area contributed by atoms with Crippen molar-refractivity contribution in [1.82, 2.24) is 10.2 Å². The largest absolute Gasteiger partial charge is 0.326 e. The first-order valence-electron chi connectivity index (χ1n) is 6.04. The van der Waals surface area contributed by atoms with Crippen LogP contribution in [0.2, 0.25) is 0 Å². The maximum atomic E-state index is 12.0. The van der Waals surface area contributed by atoms with E-state index in [1.165, 1.54) is 11.3 Å². The smallest absolute Gasteiger partial charge is 0.257 e. The van der Waals surface area contributed by atoms with Crippen molar-refractivity contribution < 1.29 is 4.79 Å². The average Bonchev–Trinajstić information content (AvgIpc) is 2.87. The first kappa shape index (κ1) is 16.6. The predicted molar refractivity (Wildman–Crippen MR) is 83.5 cm³/mol. The molecule has 5 nitrogen and oxygen atoms in total. The molecule has 0 aliphatic carbocycles. The maximum absolute atomic E-state index is 12.0. The Hall–Kier alpha value is -1.50. The van der Waals surface area contributed by atoms with Gasteiger partial charge in [-0.3, -0.25) is 10.1 Å². The van der Waals surface area contributed by atoms with Gasteiger partial charge in [-0.2, -0.15) is 0 Å². The summed E-state index contributed by atoms with van der Waals surface area (Å²) in [5, 5.41) is 12.2. The lowest BCUT2D eigenvalue weighted by molar-refractivity contribution is 0.102. The van der Waals surface area contributed by atoms with Crippen LogP contribution in [0.3, 0.4) is 0 Å². The third kappa shape index (κ3) is 4.00. The first-order chi connectivity index (χ1) is 9.10. The van der Waals surface area contributed by atoms with Crippen LogP contribution in [-0.2, 0) is 6.54 Å². The number of nitrogens with two attached hydrogens (primary N) is 1. The van der Waals surface area contributed by atoms with E-state index < -0.39 is 0 Å². The van der Waals surface area contributed by atoms with Gasteiger partial charge in [-0.1, -0.05) is 37.3 Å². The Kier molecular flexibility index (Phi) is 6.06. The summed E-state index contributed by atoms with van der Waals surface area (Å²) in [7, 11) is 0. The number of carbonyl (C=O) groups is 1. The molecule has 0 atom stereocenters. The van der Waals surface area contributed by atoms with Crippen LogP contribution in [-0.4, -0.2) is 16.1 Å². The van der Waals surface area contributed by atoms with Gasteiger partial charge in [-0.25, -0.2) is 0 Å². The highest BCUT2D eigenvalue weighted by molar-refractivity contribution is 7.15. The molecule has 1 heterocycles. The van der Waals surface area contributed by atoms with Crippen LogP contribution in [0.5, 0.6) is 0 Å². The molecule has 1 aromatic carbocycles. The Morgan fingerprint density at radius 3 is 2.45 bits per heavy atom. The second kappa shape index (κ2) is 7.33. The molecule has 20 heavy (non-hydrogen) atoms. The molecule has 108 valence electrons. The minimum Gasteiger partial charge on any atom is -0.326 e. The molecule has 1 amide bonds. The summed E-state index contributed by atoms with van der Waals surface area (Å²) in [5.41, 5.74) is 7.09. The third-order valence-electron chi connectivity index (χ3n) is 2.61. The van der Waals surface area contributed by atoms with E-state index in [1.807, 2.05) is 26.0 Å². The number of carbonyl (C=O) groups excluding carboxylic acids is 1. The molecule has 3 N–H and O–H groups in total. The normalized spacial score (nSPS) is 10.2. The second-order valence-corrected chi connectivity index (χ2v) is 5.46. The summed E-state index contributed by atoms with van der Waals surface area (Å²) < 4.78 is 0. The molecule has 0 fully saturated rings. The Bertz CT molecular complexity index is 568. The van der Waals surface area contributed by atoms with Gasteiger partial charge in [-0.05, 0) is 17.7 Å². The van der Waals surface area contributed by atoms with Crippen molar-refractivity contribution in [2.45, 2.75) is 26.3 Å². The molecule has 0 unspecified atom stereocenters. The third-order valence-corrected chi connectivity index (χ3v) is 3.75. The van der Waals surface area contributed by atoms with E-state index in [-0.39, 0.29) is 18.3 Å². The molecule has 0 saturated heterocycles. The van der Waals surface area contributed by atoms with E-state index in [0.29, 0.717) is 23.2 Å². The predicted octanol–water partition coefficient (Wildman–Crippen LogP) is 2.79. The molecule has 0 aliphatic heterocycles. The lowest BCUT2D eigenvalue weighted by Gasteiger charge is -2.02. The van der Waals surface area contributed by atoms with Crippen molar-refractivity contribution in [2.75, 3.05) is 5.32 Å². The zero-order chi connectivity index (χ0) is 13.8. The van der Waals surface area contributed by atoms with Crippen LogP contribution in [0.1, 0.15) is 40.7 Å². The Morgan fingerprint density at radius 2 is 1.95 bits per heavy atom. The molecule has 0 aliphatic rings. The van der Waals surface area contributed by atoms with Crippen LogP contribution in [0.25, 0.3) is 0 Å². The van der Waals surface area contributed by atoms with Gasteiger partial charge in [0.2, 0.25) is 5.13 Å². The SMILES string of the molecule is CC(C)c1nnc(NC(=O)c2ccc(CN)cc2)s1.Cl. The quantitative estimate of drug-likeness (QED) is 0.909. The number of amides is 1. The molecule has 2 aromatic rings. The van der Waals surface area contributed by atoms with E-state index in [1.54, 1.807) is 12.1 Å². The standard InChI is InChI=1S/C13H16N4OS.ClH/c1-8(2)12-16-17-13(19-12)15-11(18)10-5-3-9(7-14)4-6-10;/h3-6,8H,7,14H2,1-2H3,(H,15,17,18);1H. The molecular formula is C13H17ClN4OS. The van der Waals surface area contributed by atoms with Crippen molar-refractivity contribution in [3.63, 3.8) is 0 Å². The highest BCUT2D eigenvalue weighted by Crippen LogP contribution is 2.22. The van der Waals surface area contributed by atoms with E-state index in [2.05, 4.69) is 15.5 Å². The first-order valence-corrected chi connectivity index (χ1v) is 6.85. The van der Waals surface area contributed by atoms with Crippen LogP contribution in [0.4, 0.5) is 5.13 Å². The zero-order valence-electron chi connectivity index (χ0n) is 11.3. The molecule has 0 bridgehead atoms. The van der Waals surface area contributed by atoms with E-state index in [9.17, 15) is 4.79 Å². The molecule has 0 radical (unpaired) electrons. The molecule has 7 heteroatoms. The number of nitrogens with one attached hydrogen (secondary N) is 1. The van der Waals surface area contributed by atoms with Crippen molar-refractivity contribution in [2.24, 2.45) is 5.73 Å². The van der Waals surface area contributed by atoms with Crippen molar-refractivity contribution in [1.29, 1.82) is 0 Å². The summed E-state index contributed by atoms with van der Waals surface area (Å²) in [6.45, 7) is 4.55. The number of nitrogens with zero attached hydrogens (tertiary/aromatic N) is 2. The van der Waals surface area contributed by atoms with Crippen molar-refractivity contribution >= 4 is 34.8 Å². The molecule has 0 spiro atoms. The second-order valence-electron chi connectivity index (χ2n) is 4.46. The molecule has 0 saturated carbocycles. The van der Waals surface area contributed by atoms with E-state index in [0.717, 1.165) is 10.6 Å². The number of hydrogen-bond donors (Lipinski definition) is 2. The lowest BCUT2D eigenvalue weighted by atomic mass is 10.1. The lowest BCUT2D eigenvalue weighted by Crippen LogP contribution is -2.11. The van der Waals surface area contributed by atoms with Crippen LogP contribution in [0.15, 0.2) is 24.3 Å². The fourth-order valence-corrected chi connectivity index (χ4v) is 2.22. The maximum Gasteiger partial charge on any atom is 0.257 e. The summed E-state index contributed by atoms with van der Waals surface area (Å²) in [4.78, 5) is 12.0. The number of rotatable bonds is 4. The van der Waals surface area contributed by atoms with Gasteiger partial charge in [0.15, 0.2) is 0 Å². The summed E-state index contributed by atoms with van der Waals surface area (Å²) in [6, 6.07) is 7.19. The van der Waals surface area contributed by atoms with Gasteiger partial charge < -0.3 is 5.73 Å². The van der Waals surface area contributed by atoms with E-state index >= 15 is 0 Å². The van der Waals surface area contributed by atoms with Gasteiger partial charge in [0.05, 0.1) is 0 Å². The fraction of sp³-hybridized carbons (Fsp3) is 0.308. The van der Waals surface area contributed by atoms with Gasteiger partial charge in [0.25, 0.3) is 5.91 Å². The molecular weight excluding hydrogens is 296 g/mol. The monoisotopic (exact) mass is 312 g/mol. The van der Waals surface area contributed by atoms with Crippen LogP contribution >= 0.6 is 23.7 Å². The van der Waals surface area contributed by atoms with Crippen LogP contribution in [0, 0.1) is 0 Å². The fourth-order valence-electron chi connectivity index (χ4n) is 1.48. The highest BCUT2D eigenvalue weighted by atomic mass is 35.5. The van der Waals surface area contributed by atoms with Crippen molar-refractivity contribution in [3.05, 3.63) is 40.4 Å². The number of hydrogen-bond acceptors (Lipinski definition) is 5. The van der Waals surface area contributed by atoms with Crippen molar-refractivity contribution in [3.8, 4) is 0 Å². The van der Waals surface area contributed by atoms with Gasteiger partial charge in [0, 0.05) is 18.0 Å². The number of halogens is 1. The number of benzene rings is 1. The van der Waals surface area contributed by atoms with Gasteiger partial charge in [-0.15, -0.1) is 22.6 Å². The summed E-state index contributed by atoms with van der Waals surface area (Å²) in [6.07, 6.45) is 0. The van der Waals surface area contributed by atoms with Gasteiger partial charge >= 0.3 is 0 Å². The Morgan fingerprint density at radius 1 is 1.30 bits per heavy atom. The molecule has 2 rings (SSSR count). The van der Waals surface area contributed by atoms with E-state index in [4.69, 9.17) is 5.73 Å². The minimum atomic E-state index is -0.185. The number of aromatic nitrogens is 2. The minimum absolute atomic E-state index is 0. The topological polar surface area (TPSA) is 80.9 Å². The average molecular weight is 313 g/mol. The Balaban J connectivity index is 0.00000200. The summed E-state index contributed by atoms with van der Waals surface area (Å²) >= 11 is 1.40. The van der Waals surface area contributed by atoms with Gasteiger partial charge in [0.1, 0.15) is 5.01 Å². The zero-order valence-corrected chi connectivity index (χ0v) is 12.9. The number of anilines is 1. The van der Waals surface area contributed by atoms with Crippen LogP contribution < -0.4 is 11.1 Å². The molecule has 1 aromatic heterocycles. The highest BCUT2D eigenvalue weighted by Gasteiger charge is 2.11. The summed E-state index contributed by atoms with van der Waals surface area (Å²) in [5.74, 6) is 0.127. The Labute approximate surface area is 128 Å².